The van der Waals surface area contributed by atoms with Crippen LogP contribution in [0.5, 0.6) is 0 Å². The average molecular weight is 285 g/mol. The van der Waals surface area contributed by atoms with Gasteiger partial charge in [0.2, 0.25) is 0 Å². The molecule has 0 radical (unpaired) electrons. The van der Waals surface area contributed by atoms with Gasteiger partial charge in [-0.05, 0) is 24.3 Å². The maximum absolute atomic E-state index is 12.2. The summed E-state index contributed by atoms with van der Waals surface area (Å²) in [6.07, 6.45) is 1.67. The molecule has 0 saturated carbocycles. The molecule has 0 unspecified atom stereocenters. The van der Waals surface area contributed by atoms with Crippen molar-refractivity contribution in [2.45, 2.75) is 10.8 Å². The van der Waals surface area contributed by atoms with Gasteiger partial charge in [0.15, 0.2) is 0 Å². The Balaban J connectivity index is 1.86. The number of hydrogen-bond donors (Lipinski definition) is 1. The number of nitrogen functional groups attached to an aromatic ring is 1. The van der Waals surface area contributed by atoms with Gasteiger partial charge in [-0.25, -0.2) is 9.67 Å². The van der Waals surface area contributed by atoms with Crippen LogP contribution in [0.2, 0.25) is 0 Å². The lowest BCUT2D eigenvalue weighted by Crippen LogP contribution is -2.23. The van der Waals surface area contributed by atoms with E-state index in [2.05, 4.69) is 15.3 Å². The first kappa shape index (κ1) is 12.6. The Bertz CT molecular complexity index is 800. The van der Waals surface area contributed by atoms with Crippen LogP contribution in [0, 0.1) is 0 Å². The van der Waals surface area contributed by atoms with Gasteiger partial charge >= 0.3 is 0 Å². The van der Waals surface area contributed by atoms with E-state index < -0.39 is 0 Å². The van der Waals surface area contributed by atoms with Crippen molar-refractivity contribution in [1.82, 2.24) is 20.0 Å². The minimum Gasteiger partial charge on any atom is -0.384 e. The molecule has 2 heterocycles. The van der Waals surface area contributed by atoms with Gasteiger partial charge < -0.3 is 5.73 Å². The molecule has 0 bridgehead atoms. The van der Waals surface area contributed by atoms with Crippen molar-refractivity contribution in [3.05, 3.63) is 52.9 Å². The van der Waals surface area contributed by atoms with Gasteiger partial charge in [-0.2, -0.15) is 0 Å². The van der Waals surface area contributed by atoms with Crippen LogP contribution in [-0.2, 0) is 5.88 Å². The molecule has 2 N–H and O–H groups in total. The molecule has 1 aromatic carbocycles. The Labute approximate surface area is 118 Å². The van der Waals surface area contributed by atoms with E-state index in [4.69, 9.17) is 5.73 Å². The van der Waals surface area contributed by atoms with Crippen molar-refractivity contribution < 1.29 is 0 Å². The van der Waals surface area contributed by atoms with Gasteiger partial charge in [0.1, 0.15) is 11.3 Å². The Kier molecular flexibility index (Phi) is 3.34. The normalized spacial score (nSPS) is 10.8. The molecule has 0 aliphatic carbocycles. The van der Waals surface area contributed by atoms with Gasteiger partial charge in [-0.1, -0.05) is 17.3 Å². The lowest BCUT2D eigenvalue weighted by Gasteiger charge is -2.04. The molecule has 3 aromatic rings. The molecule has 100 valence electrons. The number of aromatic nitrogens is 4. The highest BCUT2D eigenvalue weighted by atomic mass is 32.2. The van der Waals surface area contributed by atoms with Crippen molar-refractivity contribution in [2.75, 3.05) is 5.73 Å². The average Bonchev–Trinajstić information content (AvgIpc) is 2.49. The quantitative estimate of drug-likeness (QED) is 0.734. The lowest BCUT2D eigenvalue weighted by atomic mass is 10.2. The van der Waals surface area contributed by atoms with E-state index in [0.717, 1.165) is 4.90 Å². The first-order valence-corrected chi connectivity index (χ1v) is 6.89. The maximum atomic E-state index is 12.2. The van der Waals surface area contributed by atoms with E-state index >= 15 is 0 Å². The van der Waals surface area contributed by atoms with E-state index in [0.29, 0.717) is 22.6 Å². The van der Waals surface area contributed by atoms with Crippen LogP contribution in [-0.4, -0.2) is 20.0 Å². The van der Waals surface area contributed by atoms with Gasteiger partial charge in [-0.15, -0.1) is 16.9 Å². The van der Waals surface area contributed by atoms with Crippen molar-refractivity contribution in [2.24, 2.45) is 0 Å². The smallest absolute Gasteiger partial charge is 0.278 e. The number of rotatable bonds is 3. The first-order valence-electron chi connectivity index (χ1n) is 5.91. The summed E-state index contributed by atoms with van der Waals surface area (Å²) in [6, 6.07) is 10.7. The zero-order chi connectivity index (χ0) is 13.9. The summed E-state index contributed by atoms with van der Waals surface area (Å²) in [4.78, 5) is 17.1. The van der Waals surface area contributed by atoms with E-state index in [9.17, 15) is 4.79 Å². The van der Waals surface area contributed by atoms with E-state index in [1.807, 2.05) is 18.2 Å². The molecular weight excluding hydrogens is 274 g/mol. The molecule has 0 spiro atoms. The van der Waals surface area contributed by atoms with Crippen LogP contribution in [0.15, 0.2) is 52.3 Å². The minimum atomic E-state index is -0.147. The highest BCUT2D eigenvalue weighted by molar-refractivity contribution is 7.98. The van der Waals surface area contributed by atoms with Gasteiger partial charge in [-0.3, -0.25) is 4.79 Å². The Morgan fingerprint density at radius 2 is 2.05 bits per heavy atom. The van der Waals surface area contributed by atoms with Gasteiger partial charge in [0.25, 0.3) is 5.56 Å². The zero-order valence-corrected chi connectivity index (χ0v) is 11.2. The predicted octanol–water partition coefficient (Wildman–Crippen LogP) is 1.52. The summed E-state index contributed by atoms with van der Waals surface area (Å²) in [6.45, 7) is 0. The second kappa shape index (κ2) is 5.30. The molecule has 0 atom stereocenters. The lowest BCUT2D eigenvalue weighted by molar-refractivity contribution is 0.645. The Morgan fingerprint density at radius 1 is 1.20 bits per heavy atom. The second-order valence-corrected chi connectivity index (χ2v) is 5.12. The highest BCUT2D eigenvalue weighted by Gasteiger charge is 2.05. The van der Waals surface area contributed by atoms with Crippen molar-refractivity contribution in [3.63, 3.8) is 0 Å². The van der Waals surface area contributed by atoms with Crippen LogP contribution in [0.4, 0.5) is 5.82 Å². The molecule has 20 heavy (non-hydrogen) atoms. The second-order valence-electron chi connectivity index (χ2n) is 4.10. The van der Waals surface area contributed by atoms with Crippen LogP contribution < -0.4 is 11.3 Å². The number of nitrogens with two attached hydrogens (primary N) is 1. The summed E-state index contributed by atoms with van der Waals surface area (Å²) in [7, 11) is 0. The van der Waals surface area contributed by atoms with Crippen LogP contribution in [0.3, 0.4) is 0 Å². The summed E-state index contributed by atoms with van der Waals surface area (Å²) in [5.41, 5.74) is 5.98. The minimum absolute atomic E-state index is 0.147. The molecule has 0 fully saturated rings. The van der Waals surface area contributed by atoms with Crippen LogP contribution >= 0.6 is 11.8 Å². The molecule has 0 saturated heterocycles. The molecule has 0 aliphatic rings. The third-order valence-corrected chi connectivity index (χ3v) is 3.69. The van der Waals surface area contributed by atoms with Crippen molar-refractivity contribution in [3.8, 4) is 0 Å². The Morgan fingerprint density at radius 3 is 2.85 bits per heavy atom. The standard InChI is InChI=1S/C13H11N5OS/c14-12-6-5-9(7-15-12)20-8-18-13(19)10-3-1-2-4-11(10)16-17-18/h1-7H,8H2,(H2,14,15). The summed E-state index contributed by atoms with van der Waals surface area (Å²) >= 11 is 1.45. The fraction of sp³-hybridized carbons (Fsp3) is 0.0769. The summed E-state index contributed by atoms with van der Waals surface area (Å²) < 4.78 is 1.34. The molecule has 0 amide bonds. The number of fused-ring (bicyclic) bond motifs is 1. The summed E-state index contributed by atoms with van der Waals surface area (Å²) in [5, 5.41) is 8.53. The van der Waals surface area contributed by atoms with Crippen molar-refractivity contribution in [1.29, 1.82) is 0 Å². The molecule has 7 heteroatoms. The van der Waals surface area contributed by atoms with Gasteiger partial charge in [0.05, 0.1) is 11.3 Å². The summed E-state index contributed by atoms with van der Waals surface area (Å²) in [5.74, 6) is 0.847. The molecule has 2 aromatic heterocycles. The molecular formula is C13H11N5OS. The predicted molar refractivity (Wildman–Crippen MR) is 78.3 cm³/mol. The largest absolute Gasteiger partial charge is 0.384 e. The SMILES string of the molecule is Nc1ccc(SCn2nnc3ccccc3c2=O)cn1. The van der Waals surface area contributed by atoms with E-state index in [1.54, 1.807) is 24.4 Å². The highest BCUT2D eigenvalue weighted by Crippen LogP contribution is 2.18. The number of nitrogens with zero attached hydrogens (tertiary/aromatic N) is 4. The van der Waals surface area contributed by atoms with Crippen LogP contribution in [0.25, 0.3) is 10.9 Å². The number of thioether (sulfide) groups is 1. The zero-order valence-electron chi connectivity index (χ0n) is 10.4. The van der Waals surface area contributed by atoms with Crippen LogP contribution in [0.1, 0.15) is 0 Å². The molecule has 3 rings (SSSR count). The third kappa shape index (κ3) is 2.48. The topological polar surface area (TPSA) is 86.7 Å². The number of pyridine rings is 1. The van der Waals surface area contributed by atoms with E-state index in [-0.39, 0.29) is 5.56 Å². The monoisotopic (exact) mass is 285 g/mol. The van der Waals surface area contributed by atoms with Gasteiger partial charge in [0, 0.05) is 11.1 Å². The third-order valence-electron chi connectivity index (χ3n) is 2.74. The number of benzene rings is 1. The van der Waals surface area contributed by atoms with Crippen molar-refractivity contribution >= 4 is 28.5 Å². The molecule has 0 aliphatic heterocycles. The fourth-order valence-corrected chi connectivity index (χ4v) is 2.45. The Hall–Kier alpha value is -2.41. The van der Waals surface area contributed by atoms with E-state index in [1.165, 1.54) is 16.4 Å². The number of hydrogen-bond acceptors (Lipinski definition) is 6. The maximum Gasteiger partial charge on any atom is 0.278 e. The first-order chi connectivity index (χ1) is 9.74. The fourth-order valence-electron chi connectivity index (χ4n) is 1.72. The molecule has 6 nitrogen and oxygen atoms in total. The number of anilines is 1.